The molecule has 1 fully saturated rings. The van der Waals surface area contributed by atoms with Crippen molar-refractivity contribution in [1.82, 2.24) is 4.90 Å². The van der Waals surface area contributed by atoms with Crippen molar-refractivity contribution in [3.63, 3.8) is 0 Å². The van der Waals surface area contributed by atoms with Crippen LogP contribution in [0, 0.1) is 11.8 Å². The predicted molar refractivity (Wildman–Crippen MR) is 107 cm³/mol. The number of nitrogens with one attached hydrogen (secondary N) is 1. The lowest BCUT2D eigenvalue weighted by molar-refractivity contribution is -0.132. The van der Waals surface area contributed by atoms with Gasteiger partial charge in [0.05, 0.1) is 5.56 Å². The van der Waals surface area contributed by atoms with Crippen molar-refractivity contribution in [2.24, 2.45) is 17.6 Å². The van der Waals surface area contributed by atoms with Crippen LogP contribution in [0.15, 0.2) is 0 Å². The summed E-state index contributed by atoms with van der Waals surface area (Å²) in [6.45, 7) is 4.97. The molecule has 27 heavy (non-hydrogen) atoms. The average Bonchev–Trinajstić information content (AvgIpc) is 2.99. The summed E-state index contributed by atoms with van der Waals surface area (Å²) in [5.41, 5.74) is 7.21. The Morgan fingerprint density at radius 3 is 2.52 bits per heavy atom. The van der Waals surface area contributed by atoms with E-state index in [1.165, 1.54) is 22.6 Å². The standard InChI is InChI=1S/C20H29N3O3S/c1-3-4-13-5-6-15-16(11-13)27-20(17(15)18(21)25)22-19(26)14-7-9-23(10-8-14)12(2)24/h13-14H,3-11H2,1-2H3,(H2,21,25)(H,22,26)/t13-/m1/s1. The summed E-state index contributed by atoms with van der Waals surface area (Å²) in [5, 5.41) is 3.60. The maximum atomic E-state index is 12.7. The minimum atomic E-state index is -0.455. The van der Waals surface area contributed by atoms with Crippen molar-refractivity contribution in [2.45, 2.75) is 58.8 Å². The summed E-state index contributed by atoms with van der Waals surface area (Å²) < 4.78 is 0. The zero-order valence-electron chi connectivity index (χ0n) is 16.2. The van der Waals surface area contributed by atoms with Crippen LogP contribution in [-0.2, 0) is 22.4 Å². The molecule has 0 spiro atoms. The van der Waals surface area contributed by atoms with Gasteiger partial charge in [-0.1, -0.05) is 19.8 Å². The van der Waals surface area contributed by atoms with Gasteiger partial charge in [-0.05, 0) is 43.6 Å². The van der Waals surface area contributed by atoms with Crippen molar-refractivity contribution in [2.75, 3.05) is 18.4 Å². The SMILES string of the molecule is CCC[C@@H]1CCc2c(sc(NC(=O)C3CCN(C(C)=O)CC3)c2C(N)=O)C1. The van der Waals surface area contributed by atoms with Crippen LogP contribution in [0.25, 0.3) is 0 Å². The molecule has 3 N–H and O–H groups in total. The quantitative estimate of drug-likeness (QED) is 0.808. The summed E-state index contributed by atoms with van der Waals surface area (Å²) in [5.74, 6) is 0.0552. The van der Waals surface area contributed by atoms with Crippen molar-refractivity contribution in [3.05, 3.63) is 16.0 Å². The van der Waals surface area contributed by atoms with Crippen LogP contribution in [0.1, 0.15) is 66.8 Å². The first-order valence-electron chi connectivity index (χ1n) is 9.91. The molecule has 148 valence electrons. The molecule has 2 heterocycles. The third-order valence-corrected chi connectivity index (χ3v) is 7.03. The Kier molecular flexibility index (Phi) is 6.19. The molecule has 0 bridgehead atoms. The molecule has 1 aromatic rings. The van der Waals surface area contributed by atoms with Crippen LogP contribution in [-0.4, -0.2) is 35.7 Å². The second-order valence-corrected chi connectivity index (χ2v) is 8.84. The lowest BCUT2D eigenvalue weighted by Gasteiger charge is -2.30. The van der Waals surface area contributed by atoms with Gasteiger partial charge in [-0.25, -0.2) is 0 Å². The number of anilines is 1. The summed E-state index contributed by atoms with van der Waals surface area (Å²) in [7, 11) is 0. The molecule has 1 aliphatic heterocycles. The number of carbonyl (C=O) groups excluding carboxylic acids is 3. The largest absolute Gasteiger partial charge is 0.365 e. The zero-order chi connectivity index (χ0) is 19.6. The number of hydrogen-bond acceptors (Lipinski definition) is 4. The number of carbonyl (C=O) groups is 3. The maximum Gasteiger partial charge on any atom is 0.251 e. The van der Waals surface area contributed by atoms with E-state index in [0.29, 0.717) is 42.4 Å². The fraction of sp³-hybridized carbons (Fsp3) is 0.650. The minimum absolute atomic E-state index is 0.0532. The molecule has 1 aromatic heterocycles. The average molecular weight is 392 g/mol. The number of likely N-dealkylation sites (tertiary alicyclic amines) is 1. The molecule has 3 amide bonds. The third-order valence-electron chi connectivity index (χ3n) is 5.86. The minimum Gasteiger partial charge on any atom is -0.365 e. The second-order valence-electron chi connectivity index (χ2n) is 7.74. The number of piperidine rings is 1. The number of nitrogens with zero attached hydrogens (tertiary/aromatic N) is 1. The van der Waals surface area contributed by atoms with E-state index < -0.39 is 5.91 Å². The number of thiophene rings is 1. The van der Waals surface area contributed by atoms with E-state index in [4.69, 9.17) is 5.73 Å². The smallest absolute Gasteiger partial charge is 0.251 e. The summed E-state index contributed by atoms with van der Waals surface area (Å²) >= 11 is 1.52. The van der Waals surface area contributed by atoms with Gasteiger partial charge in [-0.15, -0.1) is 11.3 Å². The topological polar surface area (TPSA) is 92.5 Å². The van der Waals surface area contributed by atoms with Crippen LogP contribution >= 0.6 is 11.3 Å². The highest BCUT2D eigenvalue weighted by atomic mass is 32.1. The van der Waals surface area contributed by atoms with Crippen molar-refractivity contribution in [1.29, 1.82) is 0 Å². The van der Waals surface area contributed by atoms with E-state index in [1.807, 2.05) is 0 Å². The van der Waals surface area contributed by atoms with Crippen molar-refractivity contribution >= 4 is 34.1 Å². The molecule has 0 saturated carbocycles. The molecule has 7 heteroatoms. The van der Waals surface area contributed by atoms with E-state index in [-0.39, 0.29) is 17.7 Å². The van der Waals surface area contributed by atoms with E-state index in [2.05, 4.69) is 12.2 Å². The maximum absolute atomic E-state index is 12.7. The lowest BCUT2D eigenvalue weighted by Crippen LogP contribution is -2.40. The van der Waals surface area contributed by atoms with Crippen LogP contribution in [0.2, 0.25) is 0 Å². The number of primary amides is 1. The number of nitrogens with two attached hydrogens (primary N) is 1. The van der Waals surface area contributed by atoms with Gasteiger partial charge in [0, 0.05) is 30.8 Å². The molecule has 1 atom stereocenters. The Hall–Kier alpha value is -1.89. The molecule has 0 unspecified atom stereocenters. The lowest BCUT2D eigenvalue weighted by atomic mass is 9.84. The number of fused-ring (bicyclic) bond motifs is 1. The molecule has 1 aliphatic carbocycles. The van der Waals surface area contributed by atoms with Gasteiger partial charge in [0.25, 0.3) is 5.91 Å². The summed E-state index contributed by atoms with van der Waals surface area (Å²) in [4.78, 5) is 39.2. The number of amides is 3. The number of hydrogen-bond donors (Lipinski definition) is 2. The molecule has 0 aromatic carbocycles. The number of rotatable bonds is 5. The molecule has 6 nitrogen and oxygen atoms in total. The molecular formula is C20H29N3O3S. The molecule has 2 aliphatic rings. The van der Waals surface area contributed by atoms with E-state index in [9.17, 15) is 14.4 Å². The summed E-state index contributed by atoms with van der Waals surface area (Å²) in [6, 6.07) is 0. The Balaban J connectivity index is 1.72. The Labute approximate surface area is 164 Å². The highest BCUT2D eigenvalue weighted by Gasteiger charge is 2.31. The van der Waals surface area contributed by atoms with Crippen molar-refractivity contribution < 1.29 is 14.4 Å². The second kappa shape index (κ2) is 8.42. The van der Waals surface area contributed by atoms with Crippen LogP contribution in [0.5, 0.6) is 0 Å². The Morgan fingerprint density at radius 2 is 1.93 bits per heavy atom. The van der Waals surface area contributed by atoms with Crippen LogP contribution in [0.3, 0.4) is 0 Å². The zero-order valence-corrected chi connectivity index (χ0v) is 17.0. The van der Waals surface area contributed by atoms with Gasteiger partial charge in [0.1, 0.15) is 5.00 Å². The third kappa shape index (κ3) is 4.34. The van der Waals surface area contributed by atoms with Gasteiger partial charge < -0.3 is 16.0 Å². The van der Waals surface area contributed by atoms with E-state index >= 15 is 0 Å². The van der Waals surface area contributed by atoms with Gasteiger partial charge >= 0.3 is 0 Å². The van der Waals surface area contributed by atoms with E-state index in [1.54, 1.807) is 11.8 Å². The molecular weight excluding hydrogens is 362 g/mol. The fourth-order valence-electron chi connectivity index (χ4n) is 4.33. The Morgan fingerprint density at radius 1 is 1.22 bits per heavy atom. The Bertz CT molecular complexity index is 735. The van der Waals surface area contributed by atoms with Gasteiger partial charge in [-0.3, -0.25) is 14.4 Å². The van der Waals surface area contributed by atoms with Gasteiger partial charge in [-0.2, -0.15) is 0 Å². The highest BCUT2D eigenvalue weighted by molar-refractivity contribution is 7.17. The first-order valence-corrected chi connectivity index (χ1v) is 10.7. The molecule has 1 saturated heterocycles. The van der Waals surface area contributed by atoms with Gasteiger partial charge in [0.2, 0.25) is 11.8 Å². The predicted octanol–water partition coefficient (Wildman–Crippen LogP) is 2.95. The van der Waals surface area contributed by atoms with Gasteiger partial charge in [0.15, 0.2) is 0 Å². The molecule has 0 radical (unpaired) electrons. The summed E-state index contributed by atoms with van der Waals surface area (Å²) in [6.07, 6.45) is 6.58. The first kappa shape index (κ1) is 19.9. The van der Waals surface area contributed by atoms with E-state index in [0.717, 1.165) is 31.2 Å². The monoisotopic (exact) mass is 391 g/mol. The fourth-order valence-corrected chi connectivity index (χ4v) is 5.70. The van der Waals surface area contributed by atoms with Crippen LogP contribution < -0.4 is 11.1 Å². The van der Waals surface area contributed by atoms with Crippen LogP contribution in [0.4, 0.5) is 5.00 Å². The normalized spacial score (nSPS) is 20.2. The first-order chi connectivity index (χ1) is 12.9. The highest BCUT2D eigenvalue weighted by Crippen LogP contribution is 2.40. The van der Waals surface area contributed by atoms with Crippen molar-refractivity contribution in [3.8, 4) is 0 Å². The molecule has 3 rings (SSSR count).